The average molecular weight is 364 g/mol. The summed E-state index contributed by atoms with van der Waals surface area (Å²) in [6, 6.07) is 12.8. The second-order valence-electron chi connectivity index (χ2n) is 6.77. The minimum atomic E-state index is -0.281. The Morgan fingerprint density at radius 1 is 1.19 bits per heavy atom. The lowest BCUT2D eigenvalue weighted by Crippen LogP contribution is -2.50. The molecule has 0 amide bonds. The number of aryl methyl sites for hydroxylation is 1. The van der Waals surface area contributed by atoms with Crippen LogP contribution in [0, 0.1) is 5.82 Å². The molecule has 0 aliphatic rings. The highest BCUT2D eigenvalue weighted by Crippen LogP contribution is 2.37. The molecular formula is C22H23FN3O+. The first kappa shape index (κ1) is 17.3. The summed E-state index contributed by atoms with van der Waals surface area (Å²) in [6.45, 7) is 2.16. The molecule has 0 fully saturated rings. The number of halogens is 1. The number of rotatable bonds is 5. The van der Waals surface area contributed by atoms with E-state index in [1.165, 1.54) is 6.07 Å². The fraction of sp³-hybridized carbons (Fsp3) is 0.227. The third-order valence-electron chi connectivity index (χ3n) is 5.07. The number of ether oxygens (including phenoxy) is 1. The number of hydrogen-bond acceptors (Lipinski definition) is 2. The molecule has 0 bridgehead atoms. The van der Waals surface area contributed by atoms with Crippen LogP contribution in [0.3, 0.4) is 0 Å². The van der Waals surface area contributed by atoms with E-state index < -0.39 is 0 Å². The largest absolute Gasteiger partial charge is 0.496 e. The molecular weight excluding hydrogens is 341 g/mol. The third kappa shape index (κ3) is 2.89. The molecule has 0 aliphatic heterocycles. The van der Waals surface area contributed by atoms with Crippen molar-refractivity contribution in [1.29, 1.82) is 0 Å². The SMILES string of the molecule is CCCCc1cc2ccc(F)cc2c(-c2c[nH]c3cccc(OC)c23)[n+]1N. The summed E-state index contributed by atoms with van der Waals surface area (Å²) in [4.78, 5) is 3.29. The Morgan fingerprint density at radius 3 is 2.81 bits per heavy atom. The van der Waals surface area contributed by atoms with E-state index in [1.807, 2.05) is 30.5 Å². The lowest BCUT2D eigenvalue weighted by atomic mass is 10.00. The zero-order chi connectivity index (χ0) is 19.0. The highest BCUT2D eigenvalue weighted by molar-refractivity contribution is 6.05. The first-order chi connectivity index (χ1) is 13.1. The molecule has 0 atom stereocenters. The number of nitrogens with zero attached hydrogens (tertiary/aromatic N) is 1. The van der Waals surface area contributed by atoms with Gasteiger partial charge < -0.3 is 9.72 Å². The van der Waals surface area contributed by atoms with Crippen molar-refractivity contribution >= 4 is 21.7 Å². The second kappa shape index (κ2) is 6.91. The number of H-pyrrole nitrogens is 1. The lowest BCUT2D eigenvalue weighted by Gasteiger charge is -2.09. The second-order valence-corrected chi connectivity index (χ2v) is 6.77. The van der Waals surface area contributed by atoms with Gasteiger partial charge >= 0.3 is 0 Å². The summed E-state index contributed by atoms with van der Waals surface area (Å²) in [5.41, 5.74) is 3.66. The van der Waals surface area contributed by atoms with Gasteiger partial charge in [0, 0.05) is 24.2 Å². The van der Waals surface area contributed by atoms with Gasteiger partial charge in [0.25, 0.3) is 5.69 Å². The van der Waals surface area contributed by atoms with Crippen molar-refractivity contribution in [2.24, 2.45) is 0 Å². The van der Waals surface area contributed by atoms with Crippen LogP contribution in [0.25, 0.3) is 32.9 Å². The number of benzene rings is 2. The van der Waals surface area contributed by atoms with Gasteiger partial charge in [-0.3, -0.25) is 0 Å². The first-order valence-corrected chi connectivity index (χ1v) is 9.20. The van der Waals surface area contributed by atoms with Crippen molar-refractivity contribution in [3.8, 4) is 17.0 Å². The number of nitrogens with two attached hydrogens (primary N) is 1. The van der Waals surface area contributed by atoms with Crippen LogP contribution >= 0.6 is 0 Å². The van der Waals surface area contributed by atoms with Gasteiger partial charge in [0.05, 0.1) is 23.4 Å². The van der Waals surface area contributed by atoms with Crippen LogP contribution in [0.15, 0.2) is 48.7 Å². The number of hydrogen-bond donors (Lipinski definition) is 2. The van der Waals surface area contributed by atoms with Gasteiger partial charge in [0.2, 0.25) is 5.69 Å². The zero-order valence-corrected chi connectivity index (χ0v) is 15.6. The van der Waals surface area contributed by atoms with E-state index in [0.717, 1.165) is 63.6 Å². The van der Waals surface area contributed by atoms with E-state index in [0.29, 0.717) is 0 Å². The van der Waals surface area contributed by atoms with Gasteiger partial charge in [-0.25, -0.2) is 10.2 Å². The predicted octanol–water partition coefficient (Wildman–Crippen LogP) is 4.48. The minimum absolute atomic E-state index is 0.281. The maximum absolute atomic E-state index is 14.1. The Kier molecular flexibility index (Phi) is 4.44. The van der Waals surface area contributed by atoms with Crippen LogP contribution in [0.4, 0.5) is 4.39 Å². The van der Waals surface area contributed by atoms with E-state index >= 15 is 0 Å². The number of unbranched alkanes of at least 4 members (excludes halogenated alkanes) is 1. The van der Waals surface area contributed by atoms with E-state index in [-0.39, 0.29) is 5.82 Å². The molecule has 0 spiro atoms. The molecule has 0 radical (unpaired) electrons. The van der Waals surface area contributed by atoms with Gasteiger partial charge in [-0.2, -0.15) is 0 Å². The number of pyridine rings is 1. The number of methoxy groups -OCH3 is 1. The Balaban J connectivity index is 2.09. The van der Waals surface area contributed by atoms with Crippen molar-refractivity contribution in [3.63, 3.8) is 0 Å². The topological polar surface area (TPSA) is 54.9 Å². The van der Waals surface area contributed by atoms with Crippen molar-refractivity contribution in [2.45, 2.75) is 26.2 Å². The third-order valence-corrected chi connectivity index (χ3v) is 5.07. The van der Waals surface area contributed by atoms with Crippen LogP contribution in [0.1, 0.15) is 25.5 Å². The molecule has 4 rings (SSSR count). The molecule has 2 aromatic heterocycles. The Labute approximate surface area is 157 Å². The lowest BCUT2D eigenvalue weighted by molar-refractivity contribution is -0.634. The maximum atomic E-state index is 14.1. The van der Waals surface area contributed by atoms with Gasteiger partial charge in [-0.05, 0) is 36.1 Å². The van der Waals surface area contributed by atoms with Crippen LogP contribution in [-0.4, -0.2) is 12.1 Å². The number of aromatic amines is 1. The highest BCUT2D eigenvalue weighted by Gasteiger charge is 2.25. The standard InChI is InChI=1S/C22H22FN3O/c1-3-4-6-16-11-14-9-10-15(23)12-17(14)22(26(16)24)18-13-25-19-7-5-8-20(27-2)21(18)19/h5,7-13H,3-4,6,24H2,1-2H3/p+1. The van der Waals surface area contributed by atoms with Gasteiger partial charge in [0.1, 0.15) is 11.6 Å². The highest BCUT2D eigenvalue weighted by atomic mass is 19.1. The molecule has 5 heteroatoms. The molecule has 0 saturated carbocycles. The van der Waals surface area contributed by atoms with Crippen molar-refractivity contribution in [2.75, 3.05) is 13.0 Å². The molecule has 4 aromatic rings. The van der Waals surface area contributed by atoms with E-state index in [1.54, 1.807) is 17.9 Å². The summed E-state index contributed by atoms with van der Waals surface area (Å²) in [6.07, 6.45) is 4.91. The van der Waals surface area contributed by atoms with Gasteiger partial charge in [-0.1, -0.05) is 30.2 Å². The van der Waals surface area contributed by atoms with Crippen molar-refractivity contribution in [1.82, 2.24) is 4.98 Å². The molecule has 27 heavy (non-hydrogen) atoms. The Hall–Kier alpha value is -3.08. The fourth-order valence-corrected chi connectivity index (χ4v) is 3.72. The predicted molar refractivity (Wildman–Crippen MR) is 107 cm³/mol. The van der Waals surface area contributed by atoms with Crippen LogP contribution in [0.5, 0.6) is 5.75 Å². The van der Waals surface area contributed by atoms with Gasteiger partial charge in [-0.15, -0.1) is 0 Å². The summed E-state index contributed by atoms with van der Waals surface area (Å²) in [5.74, 6) is 7.03. The normalized spacial score (nSPS) is 11.4. The van der Waals surface area contributed by atoms with E-state index in [4.69, 9.17) is 10.6 Å². The Morgan fingerprint density at radius 2 is 2.04 bits per heavy atom. The van der Waals surface area contributed by atoms with Crippen LogP contribution in [-0.2, 0) is 6.42 Å². The fourth-order valence-electron chi connectivity index (χ4n) is 3.72. The summed E-state index contributed by atoms with van der Waals surface area (Å²) in [5, 5.41) is 2.70. The van der Waals surface area contributed by atoms with Gasteiger partial charge in [0.15, 0.2) is 0 Å². The molecule has 0 aliphatic carbocycles. The van der Waals surface area contributed by atoms with Crippen molar-refractivity contribution < 1.29 is 13.8 Å². The van der Waals surface area contributed by atoms with Crippen molar-refractivity contribution in [3.05, 3.63) is 60.2 Å². The number of aromatic nitrogens is 2. The number of fused-ring (bicyclic) bond motifs is 2. The van der Waals surface area contributed by atoms with Crippen LogP contribution < -0.4 is 15.3 Å². The summed E-state index contributed by atoms with van der Waals surface area (Å²) >= 11 is 0. The average Bonchev–Trinajstić information content (AvgIpc) is 3.10. The van der Waals surface area contributed by atoms with E-state index in [9.17, 15) is 4.39 Å². The van der Waals surface area contributed by atoms with E-state index in [2.05, 4.69) is 18.0 Å². The maximum Gasteiger partial charge on any atom is 0.252 e. The smallest absolute Gasteiger partial charge is 0.252 e. The minimum Gasteiger partial charge on any atom is -0.496 e. The molecule has 4 nitrogen and oxygen atoms in total. The molecule has 2 aromatic carbocycles. The monoisotopic (exact) mass is 364 g/mol. The Bertz CT molecular complexity index is 1130. The molecule has 2 heterocycles. The number of nitrogens with one attached hydrogen (secondary N) is 1. The molecule has 138 valence electrons. The zero-order valence-electron chi connectivity index (χ0n) is 15.6. The molecule has 0 saturated heterocycles. The summed E-state index contributed by atoms with van der Waals surface area (Å²) < 4.78 is 21.3. The van der Waals surface area contributed by atoms with Crippen LogP contribution in [0.2, 0.25) is 0 Å². The first-order valence-electron chi connectivity index (χ1n) is 9.20. The molecule has 0 unspecified atom stereocenters. The quantitative estimate of drug-likeness (QED) is 0.405. The number of nitrogen functional groups attached to an aromatic ring is 1. The molecule has 3 N–H and O–H groups in total. The summed E-state index contributed by atoms with van der Waals surface area (Å²) in [7, 11) is 1.65.